The number of halogens is 1. The Labute approximate surface area is 132 Å². The lowest BCUT2D eigenvalue weighted by Gasteiger charge is -2.18. The summed E-state index contributed by atoms with van der Waals surface area (Å²) in [5, 5.41) is 5.44. The van der Waals surface area contributed by atoms with E-state index in [9.17, 15) is 14.0 Å². The summed E-state index contributed by atoms with van der Waals surface area (Å²) < 4.78 is 18.5. The zero-order chi connectivity index (χ0) is 16.4. The van der Waals surface area contributed by atoms with Crippen LogP contribution in [-0.4, -0.2) is 18.4 Å². The zero-order valence-electron chi connectivity index (χ0n) is 12.5. The third-order valence-corrected chi connectivity index (χ3v) is 3.55. The number of carbonyl (C=O) groups excluding carboxylic acids is 2. The molecule has 0 aromatic heterocycles. The average Bonchev–Trinajstić information content (AvgIpc) is 2.55. The van der Waals surface area contributed by atoms with Gasteiger partial charge in [-0.05, 0) is 42.3 Å². The van der Waals surface area contributed by atoms with Crippen molar-refractivity contribution in [3.63, 3.8) is 0 Å². The van der Waals surface area contributed by atoms with Crippen molar-refractivity contribution in [1.82, 2.24) is 5.32 Å². The van der Waals surface area contributed by atoms with Gasteiger partial charge in [0.05, 0.1) is 5.69 Å². The van der Waals surface area contributed by atoms with Crippen molar-refractivity contribution in [2.75, 3.05) is 11.9 Å². The Morgan fingerprint density at radius 3 is 2.91 bits per heavy atom. The molecule has 2 aromatic rings. The summed E-state index contributed by atoms with van der Waals surface area (Å²) in [5.74, 6) is -0.291. The van der Waals surface area contributed by atoms with Gasteiger partial charge in [0.25, 0.3) is 11.8 Å². The minimum atomic E-state index is -0.269. The topological polar surface area (TPSA) is 67.4 Å². The molecular formula is C17H15FN2O3. The maximum absolute atomic E-state index is 13.2. The van der Waals surface area contributed by atoms with Gasteiger partial charge in [0.1, 0.15) is 11.6 Å². The second kappa shape index (κ2) is 6.08. The number of anilines is 1. The Bertz CT molecular complexity index is 789. The standard InChI is InChI=1S/C17H15FN2O3/c1-10-6-11(2-4-13(10)18)8-19-17(22)12-3-5-14-15(7-12)23-9-16(21)20-14/h2-7H,8-9H2,1H3,(H,19,22)(H,20,21). The smallest absolute Gasteiger partial charge is 0.262 e. The van der Waals surface area contributed by atoms with Crippen LogP contribution in [0, 0.1) is 12.7 Å². The van der Waals surface area contributed by atoms with Crippen LogP contribution in [0.15, 0.2) is 36.4 Å². The number of rotatable bonds is 3. The van der Waals surface area contributed by atoms with E-state index in [1.54, 1.807) is 37.3 Å². The second-order valence-corrected chi connectivity index (χ2v) is 5.31. The maximum atomic E-state index is 13.2. The number of hydrogen-bond donors (Lipinski definition) is 2. The van der Waals surface area contributed by atoms with Crippen molar-refractivity contribution >= 4 is 17.5 Å². The summed E-state index contributed by atoms with van der Waals surface area (Å²) in [4.78, 5) is 23.4. The van der Waals surface area contributed by atoms with Gasteiger partial charge in [-0.15, -0.1) is 0 Å². The van der Waals surface area contributed by atoms with Gasteiger partial charge in [-0.25, -0.2) is 4.39 Å². The highest BCUT2D eigenvalue weighted by Gasteiger charge is 2.17. The van der Waals surface area contributed by atoms with Crippen LogP contribution in [0.3, 0.4) is 0 Å². The van der Waals surface area contributed by atoms with Gasteiger partial charge in [0.15, 0.2) is 6.61 Å². The molecule has 1 aliphatic rings. The molecule has 0 unspecified atom stereocenters. The van der Waals surface area contributed by atoms with Crippen molar-refractivity contribution in [2.45, 2.75) is 13.5 Å². The number of hydrogen-bond acceptors (Lipinski definition) is 3. The second-order valence-electron chi connectivity index (χ2n) is 5.31. The molecular weight excluding hydrogens is 299 g/mol. The summed E-state index contributed by atoms with van der Waals surface area (Å²) >= 11 is 0. The lowest BCUT2D eigenvalue weighted by Crippen LogP contribution is -2.26. The number of benzene rings is 2. The highest BCUT2D eigenvalue weighted by atomic mass is 19.1. The number of aryl methyl sites for hydroxylation is 1. The molecule has 3 rings (SSSR count). The van der Waals surface area contributed by atoms with E-state index in [0.29, 0.717) is 29.1 Å². The molecule has 6 heteroatoms. The first kappa shape index (κ1) is 15.0. The molecule has 0 fully saturated rings. The Hall–Kier alpha value is -2.89. The number of nitrogens with one attached hydrogen (secondary N) is 2. The van der Waals surface area contributed by atoms with Crippen molar-refractivity contribution in [3.05, 3.63) is 58.9 Å². The lowest BCUT2D eigenvalue weighted by molar-refractivity contribution is -0.118. The van der Waals surface area contributed by atoms with Gasteiger partial charge in [0.2, 0.25) is 0 Å². The van der Waals surface area contributed by atoms with Gasteiger partial charge < -0.3 is 15.4 Å². The number of ether oxygens (including phenoxy) is 1. The van der Waals surface area contributed by atoms with Crippen molar-refractivity contribution in [2.24, 2.45) is 0 Å². The number of carbonyl (C=O) groups is 2. The van der Waals surface area contributed by atoms with Crippen LogP contribution in [0.25, 0.3) is 0 Å². The molecule has 0 saturated heterocycles. The summed E-state index contributed by atoms with van der Waals surface area (Å²) in [7, 11) is 0. The van der Waals surface area contributed by atoms with Crippen LogP contribution in [0.5, 0.6) is 5.75 Å². The Balaban J connectivity index is 1.68. The third kappa shape index (κ3) is 3.31. The third-order valence-electron chi connectivity index (χ3n) is 3.55. The maximum Gasteiger partial charge on any atom is 0.262 e. The minimum Gasteiger partial charge on any atom is -0.482 e. The summed E-state index contributed by atoms with van der Waals surface area (Å²) in [6, 6.07) is 9.53. The van der Waals surface area contributed by atoms with Gasteiger partial charge in [-0.1, -0.05) is 12.1 Å². The highest BCUT2D eigenvalue weighted by Crippen LogP contribution is 2.28. The molecule has 1 heterocycles. The van der Waals surface area contributed by atoms with Crippen molar-refractivity contribution in [3.8, 4) is 5.75 Å². The Kier molecular flexibility index (Phi) is 3.97. The molecule has 0 bridgehead atoms. The number of amides is 2. The quantitative estimate of drug-likeness (QED) is 0.914. The normalized spacial score (nSPS) is 12.9. The molecule has 2 N–H and O–H groups in total. The van der Waals surface area contributed by atoms with Gasteiger partial charge in [-0.3, -0.25) is 9.59 Å². The molecule has 0 atom stereocenters. The van der Waals surface area contributed by atoms with Crippen LogP contribution in [0.2, 0.25) is 0 Å². The molecule has 0 saturated carbocycles. The van der Waals surface area contributed by atoms with Crippen LogP contribution in [-0.2, 0) is 11.3 Å². The molecule has 23 heavy (non-hydrogen) atoms. The first-order valence-corrected chi connectivity index (χ1v) is 7.13. The van der Waals surface area contributed by atoms with Crippen molar-refractivity contribution in [1.29, 1.82) is 0 Å². The summed E-state index contributed by atoms with van der Waals surface area (Å²) in [6.45, 7) is 1.91. The van der Waals surface area contributed by atoms with E-state index >= 15 is 0 Å². The van der Waals surface area contributed by atoms with E-state index < -0.39 is 0 Å². The average molecular weight is 314 g/mol. The van der Waals surface area contributed by atoms with E-state index in [1.165, 1.54) is 6.07 Å². The number of fused-ring (bicyclic) bond motifs is 1. The molecule has 5 nitrogen and oxygen atoms in total. The van der Waals surface area contributed by atoms with E-state index in [1.807, 2.05) is 0 Å². The fourth-order valence-electron chi connectivity index (χ4n) is 2.32. The molecule has 2 amide bonds. The molecule has 0 radical (unpaired) electrons. The van der Waals surface area contributed by atoms with Crippen LogP contribution in [0.4, 0.5) is 10.1 Å². The summed E-state index contributed by atoms with van der Waals surface area (Å²) in [5.41, 5.74) is 2.33. The summed E-state index contributed by atoms with van der Waals surface area (Å²) in [6.07, 6.45) is 0. The fraction of sp³-hybridized carbons (Fsp3) is 0.176. The van der Waals surface area contributed by atoms with Crippen LogP contribution < -0.4 is 15.4 Å². The van der Waals surface area contributed by atoms with Crippen LogP contribution >= 0.6 is 0 Å². The lowest BCUT2D eigenvalue weighted by atomic mass is 10.1. The first-order valence-electron chi connectivity index (χ1n) is 7.13. The largest absolute Gasteiger partial charge is 0.482 e. The van der Waals surface area contributed by atoms with E-state index in [4.69, 9.17) is 4.74 Å². The van der Waals surface area contributed by atoms with E-state index in [-0.39, 0.29) is 24.2 Å². The predicted molar refractivity (Wildman–Crippen MR) is 82.9 cm³/mol. The molecule has 0 aliphatic carbocycles. The van der Waals surface area contributed by atoms with Gasteiger partial charge in [-0.2, -0.15) is 0 Å². The van der Waals surface area contributed by atoms with E-state index in [0.717, 1.165) is 5.56 Å². The molecule has 2 aromatic carbocycles. The highest BCUT2D eigenvalue weighted by molar-refractivity contribution is 5.98. The first-order chi connectivity index (χ1) is 11.0. The minimum absolute atomic E-state index is 0.0626. The SMILES string of the molecule is Cc1cc(CNC(=O)c2ccc3c(c2)OCC(=O)N3)ccc1F. The fourth-order valence-corrected chi connectivity index (χ4v) is 2.32. The zero-order valence-corrected chi connectivity index (χ0v) is 12.5. The van der Waals surface area contributed by atoms with E-state index in [2.05, 4.69) is 10.6 Å². The molecule has 1 aliphatic heterocycles. The van der Waals surface area contributed by atoms with Gasteiger partial charge in [0, 0.05) is 12.1 Å². The molecule has 0 spiro atoms. The molecule has 118 valence electrons. The van der Waals surface area contributed by atoms with Gasteiger partial charge >= 0.3 is 0 Å². The van der Waals surface area contributed by atoms with Crippen LogP contribution in [0.1, 0.15) is 21.5 Å². The monoisotopic (exact) mass is 314 g/mol. The predicted octanol–water partition coefficient (Wildman–Crippen LogP) is 2.40. The Morgan fingerprint density at radius 1 is 1.30 bits per heavy atom. The van der Waals surface area contributed by atoms with Crippen molar-refractivity contribution < 1.29 is 18.7 Å². The Morgan fingerprint density at radius 2 is 2.13 bits per heavy atom.